The largest absolute Gasteiger partial charge is 0.364 e. The van der Waals surface area contributed by atoms with E-state index < -0.39 is 0 Å². The molecular weight excluding hydrogens is 104 g/mol. The molecule has 0 aliphatic rings. The Balaban J connectivity index is 2.72. The van der Waals surface area contributed by atoms with E-state index in [-0.39, 0.29) is 6.23 Å². The van der Waals surface area contributed by atoms with Gasteiger partial charge in [-0.25, -0.2) is 0 Å². The van der Waals surface area contributed by atoms with Crippen molar-refractivity contribution in [1.82, 2.24) is 0 Å². The summed E-state index contributed by atoms with van der Waals surface area (Å²) in [7, 11) is 0. The summed E-state index contributed by atoms with van der Waals surface area (Å²) in [5.74, 6) is 0. The summed E-state index contributed by atoms with van der Waals surface area (Å²) in [5.41, 5.74) is 10.5. The number of ether oxygens (including phenoxy) is 1. The third-order valence-electron chi connectivity index (χ3n) is 0.729. The molecule has 0 aromatic rings. The van der Waals surface area contributed by atoms with E-state index in [1.54, 1.807) is 6.92 Å². The molecule has 1 unspecified atom stereocenters. The summed E-state index contributed by atoms with van der Waals surface area (Å²) in [6.07, 6.45) is 0.739. The zero-order valence-electron chi connectivity index (χ0n) is 5.26. The van der Waals surface area contributed by atoms with E-state index in [4.69, 9.17) is 16.2 Å². The molecule has 0 aliphatic carbocycles. The third kappa shape index (κ3) is 5.88. The molecule has 3 heteroatoms. The zero-order valence-corrected chi connectivity index (χ0v) is 5.26. The second-order valence-corrected chi connectivity index (χ2v) is 1.72. The molecule has 0 rings (SSSR count). The number of rotatable bonds is 4. The molecule has 0 fully saturated rings. The molecule has 4 N–H and O–H groups in total. The maximum Gasteiger partial charge on any atom is 0.102 e. The molecule has 50 valence electrons. The van der Waals surface area contributed by atoms with E-state index in [0.717, 1.165) is 6.42 Å². The Labute approximate surface area is 50.0 Å². The van der Waals surface area contributed by atoms with E-state index in [1.165, 1.54) is 0 Å². The molecule has 0 aliphatic heterocycles. The first-order valence-corrected chi connectivity index (χ1v) is 2.84. The van der Waals surface area contributed by atoms with Gasteiger partial charge in [0, 0.05) is 6.61 Å². The minimum Gasteiger partial charge on any atom is -0.364 e. The van der Waals surface area contributed by atoms with Gasteiger partial charge in [0.2, 0.25) is 0 Å². The van der Waals surface area contributed by atoms with Crippen molar-refractivity contribution in [2.75, 3.05) is 13.2 Å². The van der Waals surface area contributed by atoms with E-state index in [2.05, 4.69) is 0 Å². The van der Waals surface area contributed by atoms with Crippen LogP contribution >= 0.6 is 0 Å². The monoisotopic (exact) mass is 118 g/mol. The molecule has 0 bridgehead atoms. The Morgan fingerprint density at radius 2 is 2.25 bits per heavy atom. The first-order chi connectivity index (χ1) is 3.77. The van der Waals surface area contributed by atoms with Crippen LogP contribution in [-0.2, 0) is 4.74 Å². The Hall–Kier alpha value is -0.120. The molecule has 0 aromatic heterocycles. The fourth-order valence-corrected chi connectivity index (χ4v) is 0.353. The SMILES string of the molecule is CC(N)OCCCN. The van der Waals surface area contributed by atoms with Crippen molar-refractivity contribution in [3.8, 4) is 0 Å². The summed E-state index contributed by atoms with van der Waals surface area (Å²) in [6, 6.07) is 0. The zero-order chi connectivity index (χ0) is 6.41. The highest BCUT2D eigenvalue weighted by molar-refractivity contribution is 4.37. The highest BCUT2D eigenvalue weighted by Crippen LogP contribution is 1.81. The van der Waals surface area contributed by atoms with Gasteiger partial charge in [-0.3, -0.25) is 0 Å². The van der Waals surface area contributed by atoms with Crippen molar-refractivity contribution in [2.24, 2.45) is 11.5 Å². The van der Waals surface area contributed by atoms with Crippen LogP contribution in [0.25, 0.3) is 0 Å². The topological polar surface area (TPSA) is 61.3 Å². The van der Waals surface area contributed by atoms with Crippen molar-refractivity contribution < 1.29 is 4.74 Å². The lowest BCUT2D eigenvalue weighted by Crippen LogP contribution is -2.20. The number of hydrogen-bond donors (Lipinski definition) is 2. The average molecular weight is 118 g/mol. The van der Waals surface area contributed by atoms with Gasteiger partial charge in [0.15, 0.2) is 0 Å². The van der Waals surface area contributed by atoms with Crippen LogP contribution in [0.1, 0.15) is 13.3 Å². The first kappa shape index (κ1) is 7.88. The minimum atomic E-state index is -0.151. The molecule has 0 radical (unpaired) electrons. The Morgan fingerprint density at radius 1 is 1.62 bits per heavy atom. The van der Waals surface area contributed by atoms with Crippen LogP contribution in [0, 0.1) is 0 Å². The van der Waals surface area contributed by atoms with Gasteiger partial charge in [-0.2, -0.15) is 0 Å². The Morgan fingerprint density at radius 3 is 2.62 bits per heavy atom. The van der Waals surface area contributed by atoms with Crippen molar-refractivity contribution in [3.63, 3.8) is 0 Å². The van der Waals surface area contributed by atoms with Crippen molar-refractivity contribution in [3.05, 3.63) is 0 Å². The van der Waals surface area contributed by atoms with Crippen LogP contribution in [0.5, 0.6) is 0 Å². The van der Waals surface area contributed by atoms with Gasteiger partial charge in [0.25, 0.3) is 0 Å². The van der Waals surface area contributed by atoms with Gasteiger partial charge >= 0.3 is 0 Å². The molecule has 0 spiro atoms. The van der Waals surface area contributed by atoms with E-state index in [9.17, 15) is 0 Å². The Bertz CT molecular complexity index is 47.7. The fraction of sp³-hybridized carbons (Fsp3) is 1.00. The fourth-order valence-electron chi connectivity index (χ4n) is 0.353. The lowest BCUT2D eigenvalue weighted by atomic mass is 10.5. The molecule has 0 aromatic carbocycles. The molecule has 0 heterocycles. The highest BCUT2D eigenvalue weighted by atomic mass is 16.5. The van der Waals surface area contributed by atoms with E-state index >= 15 is 0 Å². The van der Waals surface area contributed by atoms with E-state index in [1.807, 2.05) is 0 Å². The van der Waals surface area contributed by atoms with Gasteiger partial charge in [-0.1, -0.05) is 0 Å². The molecule has 0 saturated carbocycles. The average Bonchev–Trinajstić information content (AvgIpc) is 1.66. The van der Waals surface area contributed by atoms with Gasteiger partial charge in [-0.05, 0) is 19.9 Å². The highest BCUT2D eigenvalue weighted by Gasteiger charge is 1.89. The van der Waals surface area contributed by atoms with Crippen LogP contribution < -0.4 is 11.5 Å². The third-order valence-corrected chi connectivity index (χ3v) is 0.729. The molecule has 0 saturated heterocycles. The van der Waals surface area contributed by atoms with Crippen LogP contribution in [0.3, 0.4) is 0 Å². The minimum absolute atomic E-state index is 0.151. The Kier molecular flexibility index (Phi) is 4.95. The summed E-state index contributed by atoms with van der Waals surface area (Å²) in [6.45, 7) is 3.15. The normalized spacial score (nSPS) is 13.9. The summed E-state index contributed by atoms with van der Waals surface area (Å²) in [4.78, 5) is 0. The predicted octanol–water partition coefficient (Wildman–Crippen LogP) is -0.343. The van der Waals surface area contributed by atoms with Crippen LogP contribution in [0.2, 0.25) is 0 Å². The van der Waals surface area contributed by atoms with Crippen molar-refractivity contribution in [1.29, 1.82) is 0 Å². The van der Waals surface area contributed by atoms with Crippen LogP contribution in [0.4, 0.5) is 0 Å². The number of nitrogens with two attached hydrogens (primary N) is 2. The van der Waals surface area contributed by atoms with Gasteiger partial charge in [-0.15, -0.1) is 0 Å². The second kappa shape index (κ2) is 5.03. The maximum absolute atomic E-state index is 5.27. The summed E-state index contributed by atoms with van der Waals surface area (Å²) >= 11 is 0. The van der Waals surface area contributed by atoms with Gasteiger partial charge in [0.1, 0.15) is 6.23 Å². The summed E-state index contributed by atoms with van der Waals surface area (Å²) in [5, 5.41) is 0. The first-order valence-electron chi connectivity index (χ1n) is 2.84. The molecule has 0 amide bonds. The number of hydrogen-bond acceptors (Lipinski definition) is 3. The van der Waals surface area contributed by atoms with Gasteiger partial charge < -0.3 is 16.2 Å². The maximum atomic E-state index is 5.27. The quantitative estimate of drug-likeness (QED) is 0.392. The smallest absolute Gasteiger partial charge is 0.102 e. The van der Waals surface area contributed by atoms with Crippen molar-refractivity contribution >= 4 is 0 Å². The van der Waals surface area contributed by atoms with Gasteiger partial charge in [0.05, 0.1) is 0 Å². The molecular formula is C5H14N2O. The lowest BCUT2D eigenvalue weighted by molar-refractivity contribution is 0.0701. The van der Waals surface area contributed by atoms with Crippen molar-refractivity contribution in [2.45, 2.75) is 19.6 Å². The molecule has 1 atom stereocenters. The summed E-state index contributed by atoms with van der Waals surface area (Å²) < 4.78 is 4.98. The standard InChI is InChI=1S/C5H14N2O/c1-5(7)8-4-2-3-6/h5H,2-4,6-7H2,1H3. The van der Waals surface area contributed by atoms with E-state index in [0.29, 0.717) is 13.2 Å². The second-order valence-electron chi connectivity index (χ2n) is 1.72. The van der Waals surface area contributed by atoms with Crippen LogP contribution in [0.15, 0.2) is 0 Å². The van der Waals surface area contributed by atoms with Crippen LogP contribution in [-0.4, -0.2) is 19.4 Å². The lowest BCUT2D eigenvalue weighted by Gasteiger charge is -2.04. The molecule has 8 heavy (non-hydrogen) atoms. The molecule has 3 nitrogen and oxygen atoms in total. The predicted molar refractivity (Wildman–Crippen MR) is 33.3 cm³/mol.